The molecular formula is C22H17ClFN3O2. The van der Waals surface area contributed by atoms with Crippen molar-refractivity contribution in [2.24, 2.45) is 0 Å². The molecule has 0 unspecified atom stereocenters. The van der Waals surface area contributed by atoms with Crippen molar-refractivity contribution in [3.8, 4) is 0 Å². The molecule has 0 aliphatic heterocycles. The van der Waals surface area contributed by atoms with Gasteiger partial charge in [0, 0.05) is 41.7 Å². The Hall–Kier alpha value is -3.51. The fraction of sp³-hybridized carbons (Fsp3) is 0.0455. The molecule has 2 aromatic carbocycles. The SMILES string of the molecule is Cl.O=C(Nc1ccncc1)C(=O)c1cn(Cc2ccc(F)cc2)c2ccccc12. The number of hydrogen-bond donors (Lipinski definition) is 1. The van der Waals surface area contributed by atoms with Gasteiger partial charge in [-0.15, -0.1) is 12.4 Å². The maximum atomic E-state index is 13.2. The maximum Gasteiger partial charge on any atom is 0.296 e. The Bertz CT molecular complexity index is 1160. The molecule has 2 heterocycles. The maximum absolute atomic E-state index is 13.2. The molecule has 0 aliphatic carbocycles. The lowest BCUT2D eigenvalue weighted by atomic mass is 10.1. The molecule has 2 aromatic heterocycles. The average Bonchev–Trinajstić information content (AvgIpc) is 3.08. The van der Waals surface area contributed by atoms with Crippen LogP contribution in [0.4, 0.5) is 10.1 Å². The Balaban J connectivity index is 0.00000240. The Morgan fingerprint density at radius 2 is 1.66 bits per heavy atom. The van der Waals surface area contributed by atoms with Crippen molar-refractivity contribution in [1.82, 2.24) is 9.55 Å². The number of pyridine rings is 1. The molecule has 0 atom stereocenters. The van der Waals surface area contributed by atoms with Gasteiger partial charge >= 0.3 is 0 Å². The highest BCUT2D eigenvalue weighted by molar-refractivity contribution is 6.48. The number of ketones is 1. The second-order valence-corrected chi connectivity index (χ2v) is 6.33. The summed E-state index contributed by atoms with van der Waals surface area (Å²) in [6, 6.07) is 16.8. The van der Waals surface area contributed by atoms with E-state index in [1.807, 2.05) is 28.8 Å². The summed E-state index contributed by atoms with van der Waals surface area (Å²) in [4.78, 5) is 29.1. The number of amides is 1. The Morgan fingerprint density at radius 3 is 2.38 bits per heavy atom. The van der Waals surface area contributed by atoms with Gasteiger partial charge in [0.2, 0.25) is 0 Å². The number of Topliss-reactive ketones (excluding diaryl/α,β-unsaturated/α-hetero) is 1. The highest BCUT2D eigenvalue weighted by atomic mass is 35.5. The molecule has 0 fully saturated rings. The van der Waals surface area contributed by atoms with E-state index in [-0.39, 0.29) is 18.2 Å². The highest BCUT2D eigenvalue weighted by Gasteiger charge is 2.21. The number of nitrogens with one attached hydrogen (secondary N) is 1. The third-order valence-corrected chi connectivity index (χ3v) is 4.44. The zero-order chi connectivity index (χ0) is 19.5. The zero-order valence-electron chi connectivity index (χ0n) is 15.2. The number of anilines is 1. The molecule has 4 rings (SSSR count). The molecular weight excluding hydrogens is 393 g/mol. The number of hydrogen-bond acceptors (Lipinski definition) is 3. The minimum Gasteiger partial charge on any atom is -0.342 e. The molecule has 0 radical (unpaired) electrons. The average molecular weight is 410 g/mol. The molecule has 146 valence electrons. The van der Waals surface area contributed by atoms with Crippen molar-refractivity contribution in [2.75, 3.05) is 5.32 Å². The van der Waals surface area contributed by atoms with Crippen molar-refractivity contribution in [3.05, 3.63) is 96.2 Å². The number of fused-ring (bicyclic) bond motifs is 1. The molecule has 0 saturated carbocycles. The van der Waals surface area contributed by atoms with E-state index in [0.29, 0.717) is 23.2 Å². The minimum absolute atomic E-state index is 0. The predicted octanol–water partition coefficient (Wildman–Crippen LogP) is 4.47. The lowest BCUT2D eigenvalue weighted by Crippen LogP contribution is -2.22. The third-order valence-electron chi connectivity index (χ3n) is 4.44. The first-order chi connectivity index (χ1) is 13.6. The minimum atomic E-state index is -0.712. The molecule has 0 aliphatic rings. The van der Waals surface area contributed by atoms with E-state index in [4.69, 9.17) is 0 Å². The van der Waals surface area contributed by atoms with Crippen LogP contribution in [0.5, 0.6) is 0 Å². The summed E-state index contributed by atoms with van der Waals surface area (Å²) in [7, 11) is 0. The van der Waals surface area contributed by atoms with Crippen LogP contribution in [0.2, 0.25) is 0 Å². The monoisotopic (exact) mass is 409 g/mol. The van der Waals surface area contributed by atoms with Gasteiger partial charge in [0.25, 0.3) is 11.7 Å². The number of halogens is 2. The van der Waals surface area contributed by atoms with E-state index in [9.17, 15) is 14.0 Å². The summed E-state index contributed by atoms with van der Waals surface area (Å²) in [5.41, 5.74) is 2.54. The quantitative estimate of drug-likeness (QED) is 0.391. The van der Waals surface area contributed by atoms with E-state index in [2.05, 4.69) is 10.3 Å². The lowest BCUT2D eigenvalue weighted by molar-refractivity contribution is -0.112. The summed E-state index contributed by atoms with van der Waals surface area (Å²) in [5, 5.41) is 3.28. The zero-order valence-corrected chi connectivity index (χ0v) is 16.0. The second-order valence-electron chi connectivity index (χ2n) is 6.33. The number of aromatic nitrogens is 2. The van der Waals surface area contributed by atoms with E-state index in [1.165, 1.54) is 24.5 Å². The standard InChI is InChI=1S/C22H16FN3O2.ClH/c23-16-7-5-15(6-8-16)13-26-14-19(18-3-1-2-4-20(18)26)21(27)22(28)25-17-9-11-24-12-10-17;/h1-12,14H,13H2,(H,24,25,28);1H. The molecule has 0 bridgehead atoms. The van der Waals surface area contributed by atoms with Crippen LogP contribution < -0.4 is 5.32 Å². The van der Waals surface area contributed by atoms with Crippen LogP contribution in [0.15, 0.2) is 79.3 Å². The topological polar surface area (TPSA) is 64.0 Å². The summed E-state index contributed by atoms with van der Waals surface area (Å²) in [6.07, 6.45) is 4.74. The van der Waals surface area contributed by atoms with Crippen LogP contribution >= 0.6 is 12.4 Å². The van der Waals surface area contributed by atoms with Gasteiger partial charge in [0.05, 0.1) is 5.56 Å². The van der Waals surface area contributed by atoms with Gasteiger partial charge in [0.1, 0.15) is 5.82 Å². The molecule has 0 saturated heterocycles. The van der Waals surface area contributed by atoms with Crippen LogP contribution in [0.3, 0.4) is 0 Å². The first-order valence-electron chi connectivity index (χ1n) is 8.70. The first-order valence-corrected chi connectivity index (χ1v) is 8.70. The van der Waals surface area contributed by atoms with Crippen molar-refractivity contribution >= 4 is 40.7 Å². The largest absolute Gasteiger partial charge is 0.342 e. The summed E-state index contributed by atoms with van der Waals surface area (Å²) < 4.78 is 15.0. The predicted molar refractivity (Wildman–Crippen MR) is 112 cm³/mol. The Kier molecular flexibility index (Phi) is 6.04. The number of carbonyl (C=O) groups is 2. The van der Waals surface area contributed by atoms with E-state index in [1.54, 1.807) is 30.5 Å². The van der Waals surface area contributed by atoms with Crippen molar-refractivity contribution in [2.45, 2.75) is 6.54 Å². The molecule has 1 N–H and O–H groups in total. The van der Waals surface area contributed by atoms with Gasteiger partial charge < -0.3 is 9.88 Å². The van der Waals surface area contributed by atoms with Crippen LogP contribution in [-0.2, 0) is 11.3 Å². The summed E-state index contributed by atoms with van der Waals surface area (Å²) in [6.45, 7) is 0.458. The number of para-hydroxylation sites is 1. The van der Waals surface area contributed by atoms with E-state index in [0.717, 1.165) is 11.1 Å². The van der Waals surface area contributed by atoms with Gasteiger partial charge in [-0.2, -0.15) is 0 Å². The lowest BCUT2D eigenvalue weighted by Gasteiger charge is -2.05. The third kappa shape index (κ3) is 4.33. The molecule has 5 nitrogen and oxygen atoms in total. The molecule has 7 heteroatoms. The van der Waals surface area contributed by atoms with Gasteiger partial charge in [0.15, 0.2) is 0 Å². The van der Waals surface area contributed by atoms with Crippen molar-refractivity contribution in [3.63, 3.8) is 0 Å². The van der Waals surface area contributed by atoms with Crippen LogP contribution in [0, 0.1) is 5.82 Å². The molecule has 4 aromatic rings. The van der Waals surface area contributed by atoms with Crippen molar-refractivity contribution in [1.29, 1.82) is 0 Å². The van der Waals surface area contributed by atoms with Gasteiger partial charge in [-0.05, 0) is 35.9 Å². The van der Waals surface area contributed by atoms with E-state index < -0.39 is 11.7 Å². The first kappa shape index (κ1) is 20.2. The Morgan fingerprint density at radius 1 is 0.966 bits per heavy atom. The number of rotatable bonds is 5. The van der Waals surface area contributed by atoms with Gasteiger partial charge in [-0.1, -0.05) is 30.3 Å². The number of benzene rings is 2. The fourth-order valence-corrected chi connectivity index (χ4v) is 3.09. The highest BCUT2D eigenvalue weighted by Crippen LogP contribution is 2.23. The Labute approximate surface area is 172 Å². The van der Waals surface area contributed by atoms with Gasteiger partial charge in [-0.3, -0.25) is 14.6 Å². The number of carbonyl (C=O) groups excluding carboxylic acids is 2. The van der Waals surface area contributed by atoms with Crippen LogP contribution in [-0.4, -0.2) is 21.2 Å². The van der Waals surface area contributed by atoms with Crippen LogP contribution in [0.1, 0.15) is 15.9 Å². The smallest absolute Gasteiger partial charge is 0.296 e. The fourth-order valence-electron chi connectivity index (χ4n) is 3.09. The molecule has 29 heavy (non-hydrogen) atoms. The molecule has 1 amide bonds. The van der Waals surface area contributed by atoms with E-state index >= 15 is 0 Å². The normalized spacial score (nSPS) is 10.4. The summed E-state index contributed by atoms with van der Waals surface area (Å²) >= 11 is 0. The van der Waals surface area contributed by atoms with Crippen molar-refractivity contribution < 1.29 is 14.0 Å². The summed E-state index contributed by atoms with van der Waals surface area (Å²) in [5.74, 6) is -1.63. The second kappa shape index (κ2) is 8.67. The number of nitrogens with zero attached hydrogens (tertiary/aromatic N) is 2. The van der Waals surface area contributed by atoms with Crippen LogP contribution in [0.25, 0.3) is 10.9 Å². The molecule has 0 spiro atoms. The van der Waals surface area contributed by atoms with Gasteiger partial charge in [-0.25, -0.2) is 4.39 Å².